The van der Waals surface area contributed by atoms with Crippen LogP contribution in [0.3, 0.4) is 0 Å². The van der Waals surface area contributed by atoms with Crippen molar-refractivity contribution >= 4 is 48.8 Å². The molecule has 0 bridgehead atoms. The molecule has 0 aliphatic carbocycles. The lowest BCUT2D eigenvalue weighted by atomic mass is 10.1. The van der Waals surface area contributed by atoms with Crippen LogP contribution in [0.2, 0.25) is 0 Å². The number of sulfone groups is 1. The first-order valence-electron chi connectivity index (χ1n) is 13.1. The van der Waals surface area contributed by atoms with E-state index in [4.69, 9.17) is 9.97 Å². The fourth-order valence-corrected chi connectivity index (χ4v) is 7.16. The Kier molecular flexibility index (Phi) is 7.00. The van der Waals surface area contributed by atoms with E-state index >= 15 is 0 Å². The van der Waals surface area contributed by atoms with E-state index in [1.807, 2.05) is 41.3 Å². The highest BCUT2D eigenvalue weighted by atomic mass is 32.2. The maximum Gasteiger partial charge on any atom is 0.264 e. The fraction of sp³-hybridized carbons (Fsp3) is 0.370. The van der Waals surface area contributed by atoms with Gasteiger partial charge in [-0.25, -0.2) is 13.4 Å². The molecule has 12 heteroatoms. The van der Waals surface area contributed by atoms with E-state index in [2.05, 4.69) is 20.5 Å². The van der Waals surface area contributed by atoms with Gasteiger partial charge in [-0.15, -0.1) is 11.3 Å². The molecule has 2 aromatic carbocycles. The molecule has 0 saturated carbocycles. The van der Waals surface area contributed by atoms with Crippen molar-refractivity contribution < 1.29 is 8.42 Å². The molecule has 0 amide bonds. The zero-order chi connectivity index (χ0) is 27.0. The third kappa shape index (κ3) is 5.36. The SMILES string of the molecule is CS(=O)(=O)c1ccccc1N1CCN(c2nc(NC3CCCNC3)c(-c3nc4ccccc4s3)c(=O)[nH]2)CC1. The summed E-state index contributed by atoms with van der Waals surface area (Å²) in [6, 6.07) is 15.1. The van der Waals surface area contributed by atoms with Crippen molar-refractivity contribution in [2.75, 3.05) is 60.6 Å². The summed E-state index contributed by atoms with van der Waals surface area (Å²) in [5, 5.41) is 7.60. The molecule has 204 valence electrons. The number of H-pyrrole nitrogens is 1. The average molecular weight is 566 g/mol. The van der Waals surface area contributed by atoms with Gasteiger partial charge in [-0.1, -0.05) is 24.3 Å². The first-order valence-corrected chi connectivity index (χ1v) is 15.8. The number of aromatic amines is 1. The van der Waals surface area contributed by atoms with Gasteiger partial charge in [-0.3, -0.25) is 9.78 Å². The second-order valence-corrected chi connectivity index (χ2v) is 13.0. The van der Waals surface area contributed by atoms with Crippen LogP contribution in [-0.2, 0) is 9.84 Å². The van der Waals surface area contributed by atoms with Gasteiger partial charge in [0.1, 0.15) is 16.4 Å². The summed E-state index contributed by atoms with van der Waals surface area (Å²) in [5.41, 5.74) is 1.80. The lowest BCUT2D eigenvalue weighted by Gasteiger charge is -2.37. The van der Waals surface area contributed by atoms with Crippen molar-refractivity contribution in [1.82, 2.24) is 20.3 Å². The first kappa shape index (κ1) is 25.8. The Labute approximate surface area is 231 Å². The standard InChI is InChI=1S/C27H31N7O3S2/c1-39(36,37)22-11-5-3-9-20(22)33-13-15-34(16-14-33)27-31-24(29-18-7-6-12-28-17-18)23(25(35)32-27)26-30-19-8-2-4-10-21(19)38-26/h2-5,8-11,18,28H,6-7,12-17H2,1H3,(H2,29,31,32,35). The lowest BCUT2D eigenvalue weighted by molar-refractivity contribution is 0.479. The smallest absolute Gasteiger partial charge is 0.264 e. The van der Waals surface area contributed by atoms with E-state index in [-0.39, 0.29) is 11.6 Å². The average Bonchev–Trinajstić information content (AvgIpc) is 3.37. The molecule has 3 N–H and O–H groups in total. The maximum absolute atomic E-state index is 13.6. The van der Waals surface area contributed by atoms with Crippen molar-refractivity contribution in [3.05, 3.63) is 58.9 Å². The van der Waals surface area contributed by atoms with Crippen LogP contribution in [0.1, 0.15) is 12.8 Å². The number of fused-ring (bicyclic) bond motifs is 1. The van der Waals surface area contributed by atoms with E-state index in [1.165, 1.54) is 17.6 Å². The number of benzene rings is 2. The molecule has 6 rings (SSSR count). The minimum Gasteiger partial charge on any atom is -0.367 e. The molecule has 0 spiro atoms. The van der Waals surface area contributed by atoms with Crippen molar-refractivity contribution in [1.29, 1.82) is 0 Å². The second kappa shape index (κ2) is 10.6. The van der Waals surface area contributed by atoms with Gasteiger partial charge in [0, 0.05) is 45.0 Å². The number of anilines is 3. The summed E-state index contributed by atoms with van der Waals surface area (Å²) in [6.07, 6.45) is 3.29. The largest absolute Gasteiger partial charge is 0.367 e. The van der Waals surface area contributed by atoms with Crippen LogP contribution in [0.5, 0.6) is 0 Å². The Morgan fingerprint density at radius 1 is 1.00 bits per heavy atom. The number of hydrogen-bond donors (Lipinski definition) is 3. The lowest BCUT2D eigenvalue weighted by Crippen LogP contribution is -2.48. The number of piperidine rings is 1. The maximum atomic E-state index is 13.6. The third-order valence-corrected chi connectivity index (χ3v) is 9.44. The molecule has 2 saturated heterocycles. The number of nitrogens with zero attached hydrogens (tertiary/aromatic N) is 4. The van der Waals surface area contributed by atoms with Crippen LogP contribution in [0.25, 0.3) is 20.8 Å². The molecule has 2 aliphatic heterocycles. The van der Waals surface area contributed by atoms with Crippen LogP contribution in [0, 0.1) is 0 Å². The molecule has 10 nitrogen and oxygen atoms in total. The molecule has 1 unspecified atom stereocenters. The monoisotopic (exact) mass is 565 g/mol. The molecule has 1 atom stereocenters. The van der Waals surface area contributed by atoms with E-state index in [0.717, 1.165) is 36.1 Å². The second-order valence-electron chi connectivity index (χ2n) is 10.0. The van der Waals surface area contributed by atoms with E-state index in [0.29, 0.717) is 59.1 Å². The molecule has 2 aromatic heterocycles. The Hall–Kier alpha value is -3.48. The number of thiazole rings is 1. The van der Waals surface area contributed by atoms with Gasteiger partial charge in [0.2, 0.25) is 5.95 Å². The van der Waals surface area contributed by atoms with Crippen LogP contribution >= 0.6 is 11.3 Å². The van der Waals surface area contributed by atoms with E-state index in [9.17, 15) is 13.2 Å². The summed E-state index contributed by atoms with van der Waals surface area (Å²) in [7, 11) is -3.35. The predicted molar refractivity (Wildman–Crippen MR) is 157 cm³/mol. The van der Waals surface area contributed by atoms with Gasteiger partial charge >= 0.3 is 0 Å². The summed E-state index contributed by atoms with van der Waals surface area (Å²) in [4.78, 5) is 30.7. The van der Waals surface area contributed by atoms with Gasteiger partial charge in [0.15, 0.2) is 9.84 Å². The van der Waals surface area contributed by atoms with Gasteiger partial charge in [-0.05, 0) is 43.7 Å². The number of hydrogen-bond acceptors (Lipinski definition) is 10. The molecular weight excluding hydrogens is 534 g/mol. The Balaban J connectivity index is 1.30. The van der Waals surface area contributed by atoms with Crippen molar-refractivity contribution in [3.63, 3.8) is 0 Å². The Bertz CT molecular complexity index is 1620. The quantitative estimate of drug-likeness (QED) is 0.324. The summed E-state index contributed by atoms with van der Waals surface area (Å²) in [6.45, 7) is 4.18. The minimum absolute atomic E-state index is 0.165. The predicted octanol–water partition coefficient (Wildman–Crippen LogP) is 2.94. The van der Waals surface area contributed by atoms with Crippen LogP contribution in [-0.4, -0.2) is 74.9 Å². The highest BCUT2D eigenvalue weighted by Gasteiger charge is 2.26. The van der Waals surface area contributed by atoms with E-state index < -0.39 is 9.84 Å². The van der Waals surface area contributed by atoms with E-state index in [1.54, 1.807) is 12.1 Å². The Morgan fingerprint density at radius 3 is 2.49 bits per heavy atom. The van der Waals surface area contributed by atoms with Crippen molar-refractivity contribution in [2.45, 2.75) is 23.8 Å². The Morgan fingerprint density at radius 2 is 1.74 bits per heavy atom. The number of rotatable bonds is 6. The molecule has 39 heavy (non-hydrogen) atoms. The fourth-order valence-electron chi connectivity index (χ4n) is 5.25. The molecular formula is C27H31N7O3S2. The topological polar surface area (TPSA) is 123 Å². The highest BCUT2D eigenvalue weighted by molar-refractivity contribution is 7.90. The number of aromatic nitrogens is 3. The molecule has 2 fully saturated rings. The third-order valence-electron chi connectivity index (χ3n) is 7.24. The van der Waals surface area contributed by atoms with Crippen molar-refractivity contribution in [3.8, 4) is 10.6 Å². The zero-order valence-corrected chi connectivity index (χ0v) is 23.3. The van der Waals surface area contributed by atoms with Gasteiger partial charge < -0.3 is 20.4 Å². The molecule has 2 aliphatic rings. The summed E-state index contributed by atoms with van der Waals surface area (Å²) >= 11 is 1.49. The summed E-state index contributed by atoms with van der Waals surface area (Å²) < 4.78 is 25.7. The van der Waals surface area contributed by atoms with Crippen LogP contribution in [0.4, 0.5) is 17.5 Å². The number of para-hydroxylation sites is 2. The first-order chi connectivity index (χ1) is 18.9. The normalized spacial score (nSPS) is 18.4. The van der Waals surface area contributed by atoms with Crippen LogP contribution in [0.15, 0.2) is 58.2 Å². The summed E-state index contributed by atoms with van der Waals surface area (Å²) in [5.74, 6) is 1.05. The molecule has 0 radical (unpaired) electrons. The number of nitrogens with one attached hydrogen (secondary N) is 3. The van der Waals surface area contributed by atoms with Crippen molar-refractivity contribution in [2.24, 2.45) is 0 Å². The zero-order valence-electron chi connectivity index (χ0n) is 21.7. The van der Waals surface area contributed by atoms with Crippen LogP contribution < -0.4 is 26.0 Å². The van der Waals surface area contributed by atoms with Gasteiger partial charge in [-0.2, -0.15) is 4.98 Å². The number of piperazine rings is 1. The molecule has 4 heterocycles. The van der Waals surface area contributed by atoms with Gasteiger partial charge in [0.25, 0.3) is 5.56 Å². The highest BCUT2D eigenvalue weighted by Crippen LogP contribution is 2.33. The van der Waals surface area contributed by atoms with Gasteiger partial charge in [0.05, 0.1) is 20.8 Å². The minimum atomic E-state index is -3.35. The molecule has 4 aromatic rings.